The van der Waals surface area contributed by atoms with Crippen LogP contribution in [0.1, 0.15) is 26.3 Å². The molecule has 2 nitrogen and oxygen atoms in total. The molecule has 1 N–H and O–H groups in total. The Kier molecular flexibility index (Phi) is 4.82. The molecule has 4 heteroatoms. The summed E-state index contributed by atoms with van der Waals surface area (Å²) in [5.41, 5.74) is 0.684. The molecule has 19 heavy (non-hydrogen) atoms. The summed E-state index contributed by atoms with van der Waals surface area (Å²) in [7, 11) is 0. The van der Waals surface area contributed by atoms with E-state index >= 15 is 0 Å². The van der Waals surface area contributed by atoms with Gasteiger partial charge in [0, 0.05) is 42.3 Å². The van der Waals surface area contributed by atoms with Crippen LogP contribution < -0.4 is 5.32 Å². The molecular weight excluding hydrogens is 263 g/mol. The molecule has 106 valence electrons. The molecule has 2 atom stereocenters. The van der Waals surface area contributed by atoms with Crippen molar-refractivity contribution in [3.05, 3.63) is 34.6 Å². The fraction of sp³-hybridized carbons (Fsp3) is 0.600. The maximum Gasteiger partial charge on any atom is 0.127 e. The number of rotatable bonds is 3. The van der Waals surface area contributed by atoms with E-state index < -0.39 is 0 Å². The summed E-state index contributed by atoms with van der Waals surface area (Å²) in [5, 5.41) is 4.15. The number of nitrogens with one attached hydrogen (secondary N) is 1. The zero-order valence-electron chi connectivity index (χ0n) is 11.8. The van der Waals surface area contributed by atoms with Crippen LogP contribution in [0.15, 0.2) is 18.2 Å². The van der Waals surface area contributed by atoms with Crippen molar-refractivity contribution in [3.63, 3.8) is 0 Å². The lowest BCUT2D eigenvalue weighted by Gasteiger charge is -2.40. The van der Waals surface area contributed by atoms with Gasteiger partial charge in [0.2, 0.25) is 0 Å². The van der Waals surface area contributed by atoms with Crippen LogP contribution in [0.2, 0.25) is 5.02 Å². The zero-order chi connectivity index (χ0) is 14.0. The van der Waals surface area contributed by atoms with Gasteiger partial charge in [-0.3, -0.25) is 4.90 Å². The van der Waals surface area contributed by atoms with Gasteiger partial charge in [0.25, 0.3) is 0 Å². The number of piperazine rings is 1. The minimum atomic E-state index is -0.170. The van der Waals surface area contributed by atoms with E-state index in [9.17, 15) is 4.39 Å². The minimum absolute atomic E-state index is 0.170. The Bertz CT molecular complexity index is 436. The molecule has 1 heterocycles. The highest BCUT2D eigenvalue weighted by molar-refractivity contribution is 6.30. The van der Waals surface area contributed by atoms with Crippen molar-refractivity contribution < 1.29 is 4.39 Å². The summed E-state index contributed by atoms with van der Waals surface area (Å²) in [5.74, 6) is 0.412. The predicted octanol–water partition coefficient (Wildman–Crippen LogP) is 3.30. The highest BCUT2D eigenvalue weighted by atomic mass is 35.5. The van der Waals surface area contributed by atoms with E-state index in [4.69, 9.17) is 11.6 Å². The fourth-order valence-electron chi connectivity index (χ4n) is 2.50. The second-order valence-corrected chi connectivity index (χ2v) is 6.21. The van der Waals surface area contributed by atoms with Crippen LogP contribution in [0.4, 0.5) is 4.39 Å². The molecule has 0 aliphatic carbocycles. The maximum absolute atomic E-state index is 13.8. The molecule has 0 radical (unpaired) electrons. The minimum Gasteiger partial charge on any atom is -0.311 e. The molecule has 1 aliphatic rings. The van der Waals surface area contributed by atoms with Gasteiger partial charge in [-0.15, -0.1) is 0 Å². The summed E-state index contributed by atoms with van der Waals surface area (Å²) in [4.78, 5) is 2.33. The van der Waals surface area contributed by atoms with Crippen molar-refractivity contribution in [2.45, 2.75) is 39.4 Å². The van der Waals surface area contributed by atoms with Crippen molar-refractivity contribution in [2.24, 2.45) is 5.92 Å². The predicted molar refractivity (Wildman–Crippen MR) is 77.9 cm³/mol. The van der Waals surface area contributed by atoms with E-state index in [2.05, 4.69) is 31.0 Å². The van der Waals surface area contributed by atoms with Crippen LogP contribution in [-0.2, 0) is 6.54 Å². The first-order valence-electron chi connectivity index (χ1n) is 6.88. The third kappa shape index (κ3) is 3.68. The van der Waals surface area contributed by atoms with E-state index in [1.54, 1.807) is 12.1 Å². The molecule has 0 spiro atoms. The van der Waals surface area contributed by atoms with Crippen LogP contribution in [0.3, 0.4) is 0 Å². The monoisotopic (exact) mass is 284 g/mol. The van der Waals surface area contributed by atoms with Crippen LogP contribution in [0, 0.1) is 11.7 Å². The fourth-order valence-corrected chi connectivity index (χ4v) is 2.69. The lowest BCUT2D eigenvalue weighted by atomic mass is 9.99. The molecule has 0 bridgehead atoms. The van der Waals surface area contributed by atoms with E-state index in [0.717, 1.165) is 13.1 Å². The van der Waals surface area contributed by atoms with E-state index in [-0.39, 0.29) is 5.82 Å². The largest absolute Gasteiger partial charge is 0.311 e. The highest BCUT2D eigenvalue weighted by Gasteiger charge is 2.27. The SMILES string of the molecule is CC(C)C1CN(Cc2cc(Cl)ccc2F)C(C)CN1. The molecule has 1 aromatic carbocycles. The molecule has 0 aromatic heterocycles. The lowest BCUT2D eigenvalue weighted by molar-refractivity contribution is 0.115. The van der Waals surface area contributed by atoms with E-state index in [1.807, 2.05) is 0 Å². The Morgan fingerprint density at radius 1 is 1.47 bits per heavy atom. The summed E-state index contributed by atoms with van der Waals surface area (Å²) in [6.45, 7) is 9.12. The first kappa shape index (κ1) is 14.8. The number of hydrogen-bond donors (Lipinski definition) is 1. The van der Waals surface area contributed by atoms with Gasteiger partial charge in [0.15, 0.2) is 0 Å². The average molecular weight is 285 g/mol. The van der Waals surface area contributed by atoms with E-state index in [0.29, 0.717) is 35.1 Å². The molecular formula is C15H22ClFN2. The molecule has 1 fully saturated rings. The summed E-state index contributed by atoms with van der Waals surface area (Å²) in [6, 6.07) is 5.66. The van der Waals surface area contributed by atoms with Crippen LogP contribution in [0.25, 0.3) is 0 Å². The van der Waals surface area contributed by atoms with Crippen molar-refractivity contribution in [3.8, 4) is 0 Å². The molecule has 1 saturated heterocycles. The standard InChI is InChI=1S/C15H22ClFN2/c1-10(2)15-9-19(11(3)7-18-15)8-12-6-13(16)4-5-14(12)17/h4-6,10-11,15,18H,7-9H2,1-3H3. The van der Waals surface area contributed by atoms with Crippen LogP contribution in [-0.4, -0.2) is 30.1 Å². The first-order valence-corrected chi connectivity index (χ1v) is 7.26. The Balaban J connectivity index is 2.09. The molecule has 0 saturated carbocycles. The number of nitrogens with zero attached hydrogens (tertiary/aromatic N) is 1. The Morgan fingerprint density at radius 2 is 2.21 bits per heavy atom. The van der Waals surface area contributed by atoms with Gasteiger partial charge < -0.3 is 5.32 Å². The van der Waals surface area contributed by atoms with Gasteiger partial charge in [0.1, 0.15) is 5.82 Å². The van der Waals surface area contributed by atoms with Gasteiger partial charge in [0.05, 0.1) is 0 Å². The number of benzene rings is 1. The summed E-state index contributed by atoms with van der Waals surface area (Å²) >= 11 is 5.95. The van der Waals surface area contributed by atoms with Gasteiger partial charge in [-0.1, -0.05) is 25.4 Å². The van der Waals surface area contributed by atoms with Gasteiger partial charge >= 0.3 is 0 Å². The average Bonchev–Trinajstić information content (AvgIpc) is 2.36. The van der Waals surface area contributed by atoms with Crippen molar-refractivity contribution in [2.75, 3.05) is 13.1 Å². The number of hydrogen-bond acceptors (Lipinski definition) is 2. The topological polar surface area (TPSA) is 15.3 Å². The molecule has 1 aromatic rings. The Labute approximate surface area is 119 Å². The van der Waals surface area contributed by atoms with Crippen LogP contribution in [0.5, 0.6) is 0 Å². The maximum atomic E-state index is 13.8. The second-order valence-electron chi connectivity index (χ2n) is 5.77. The third-order valence-corrected chi connectivity index (χ3v) is 4.15. The van der Waals surface area contributed by atoms with Crippen molar-refractivity contribution in [1.82, 2.24) is 10.2 Å². The zero-order valence-corrected chi connectivity index (χ0v) is 12.5. The smallest absolute Gasteiger partial charge is 0.127 e. The molecule has 1 aliphatic heterocycles. The molecule has 0 amide bonds. The lowest BCUT2D eigenvalue weighted by Crippen LogP contribution is -2.56. The van der Waals surface area contributed by atoms with Gasteiger partial charge in [-0.05, 0) is 31.0 Å². The third-order valence-electron chi connectivity index (χ3n) is 3.92. The Morgan fingerprint density at radius 3 is 2.89 bits per heavy atom. The number of halogens is 2. The summed E-state index contributed by atoms with van der Waals surface area (Å²) < 4.78 is 13.8. The first-order chi connectivity index (χ1) is 8.97. The quantitative estimate of drug-likeness (QED) is 0.916. The Hall–Kier alpha value is -0.640. The highest BCUT2D eigenvalue weighted by Crippen LogP contribution is 2.20. The van der Waals surface area contributed by atoms with Crippen LogP contribution >= 0.6 is 11.6 Å². The van der Waals surface area contributed by atoms with Crippen molar-refractivity contribution in [1.29, 1.82) is 0 Å². The normalized spacial score (nSPS) is 24.9. The van der Waals surface area contributed by atoms with Gasteiger partial charge in [-0.2, -0.15) is 0 Å². The molecule has 2 unspecified atom stereocenters. The molecule has 2 rings (SSSR count). The summed E-state index contributed by atoms with van der Waals surface area (Å²) in [6.07, 6.45) is 0. The van der Waals surface area contributed by atoms with E-state index in [1.165, 1.54) is 6.07 Å². The second kappa shape index (κ2) is 6.21. The van der Waals surface area contributed by atoms with Crippen molar-refractivity contribution >= 4 is 11.6 Å². The van der Waals surface area contributed by atoms with Gasteiger partial charge in [-0.25, -0.2) is 4.39 Å².